The number of nitrogens with zero attached hydrogens (tertiary/aromatic N) is 2. The van der Waals surface area contributed by atoms with E-state index in [1.165, 1.54) is 44.1 Å². The summed E-state index contributed by atoms with van der Waals surface area (Å²) in [4.78, 5) is 8.70. The Bertz CT molecular complexity index is 434. The van der Waals surface area contributed by atoms with E-state index in [4.69, 9.17) is 0 Å². The first-order chi connectivity index (χ1) is 9.79. The third kappa shape index (κ3) is 4.71. The van der Waals surface area contributed by atoms with Crippen molar-refractivity contribution in [1.82, 2.24) is 15.3 Å². The lowest BCUT2D eigenvalue weighted by Crippen LogP contribution is -2.23. The summed E-state index contributed by atoms with van der Waals surface area (Å²) in [6.07, 6.45) is 12.1. The van der Waals surface area contributed by atoms with E-state index in [1.54, 1.807) is 0 Å². The zero-order chi connectivity index (χ0) is 14.2. The highest BCUT2D eigenvalue weighted by molar-refractivity contribution is 5.49. The lowest BCUT2D eigenvalue weighted by molar-refractivity contribution is 0.396. The topological polar surface area (TPSA) is 37.8 Å². The Hall–Kier alpha value is -1.22. The van der Waals surface area contributed by atoms with Gasteiger partial charge in [-0.15, -0.1) is 0 Å². The Balaban J connectivity index is 2.11. The van der Waals surface area contributed by atoms with Crippen LogP contribution in [0.15, 0.2) is 17.8 Å². The predicted molar refractivity (Wildman–Crippen MR) is 84.5 cm³/mol. The molecular formula is C17H27N3. The number of hydrogen-bond donors (Lipinski definition) is 1. The minimum Gasteiger partial charge on any atom is -0.313 e. The average Bonchev–Trinajstić information content (AvgIpc) is 2.47. The van der Waals surface area contributed by atoms with Crippen molar-refractivity contribution in [2.45, 2.75) is 52.4 Å². The molecule has 1 N–H and O–H groups in total. The molecule has 0 unspecified atom stereocenters. The molecular weight excluding hydrogens is 246 g/mol. The maximum absolute atomic E-state index is 4.52. The molecule has 1 aliphatic rings. The molecule has 1 aromatic heterocycles. The zero-order valence-electron chi connectivity index (χ0n) is 12.9. The minimum atomic E-state index is 0.739. The molecule has 20 heavy (non-hydrogen) atoms. The van der Waals surface area contributed by atoms with Gasteiger partial charge in [-0.05, 0) is 50.8 Å². The SMILES string of the molecule is CCCNC/C(=C/c1ccnc(C)n1)C1CCCCC1. The van der Waals surface area contributed by atoms with Crippen molar-refractivity contribution >= 4 is 6.08 Å². The van der Waals surface area contributed by atoms with Crippen LogP contribution in [-0.2, 0) is 0 Å². The second kappa shape index (κ2) is 8.15. The van der Waals surface area contributed by atoms with Crippen LogP contribution in [0.4, 0.5) is 0 Å². The van der Waals surface area contributed by atoms with Crippen molar-refractivity contribution in [2.24, 2.45) is 5.92 Å². The number of aryl methyl sites for hydroxylation is 1. The molecule has 1 aliphatic carbocycles. The summed E-state index contributed by atoms with van der Waals surface area (Å²) < 4.78 is 0. The Morgan fingerprint density at radius 2 is 2.15 bits per heavy atom. The summed E-state index contributed by atoms with van der Waals surface area (Å²) in [5.41, 5.74) is 2.58. The monoisotopic (exact) mass is 273 g/mol. The van der Waals surface area contributed by atoms with Gasteiger partial charge in [-0.2, -0.15) is 0 Å². The van der Waals surface area contributed by atoms with Crippen LogP contribution >= 0.6 is 0 Å². The molecule has 1 fully saturated rings. The van der Waals surface area contributed by atoms with Crippen LogP contribution in [0.3, 0.4) is 0 Å². The van der Waals surface area contributed by atoms with Crippen LogP contribution < -0.4 is 5.32 Å². The van der Waals surface area contributed by atoms with Crippen molar-refractivity contribution in [3.63, 3.8) is 0 Å². The maximum Gasteiger partial charge on any atom is 0.125 e. The molecule has 0 aromatic carbocycles. The second-order valence-electron chi connectivity index (χ2n) is 5.76. The predicted octanol–water partition coefficient (Wildman–Crippen LogP) is 3.75. The van der Waals surface area contributed by atoms with E-state index in [9.17, 15) is 0 Å². The summed E-state index contributed by atoms with van der Waals surface area (Å²) in [5, 5.41) is 3.56. The first-order valence-corrected chi connectivity index (χ1v) is 8.00. The Morgan fingerprint density at radius 1 is 1.35 bits per heavy atom. The van der Waals surface area contributed by atoms with Gasteiger partial charge >= 0.3 is 0 Å². The average molecular weight is 273 g/mol. The fourth-order valence-electron chi connectivity index (χ4n) is 2.94. The lowest BCUT2D eigenvalue weighted by Gasteiger charge is -2.25. The Morgan fingerprint density at radius 3 is 2.85 bits per heavy atom. The molecule has 0 amide bonds. The summed E-state index contributed by atoms with van der Waals surface area (Å²) in [6, 6.07) is 2.01. The van der Waals surface area contributed by atoms with Crippen molar-refractivity contribution in [1.29, 1.82) is 0 Å². The number of aromatic nitrogens is 2. The van der Waals surface area contributed by atoms with Crippen LogP contribution in [0.25, 0.3) is 6.08 Å². The van der Waals surface area contributed by atoms with Crippen molar-refractivity contribution in [3.8, 4) is 0 Å². The van der Waals surface area contributed by atoms with E-state index in [0.29, 0.717) is 0 Å². The first-order valence-electron chi connectivity index (χ1n) is 8.00. The normalized spacial score (nSPS) is 17.4. The molecule has 3 heteroatoms. The van der Waals surface area contributed by atoms with Gasteiger partial charge in [-0.25, -0.2) is 9.97 Å². The molecule has 0 atom stereocenters. The number of nitrogens with one attached hydrogen (secondary N) is 1. The van der Waals surface area contributed by atoms with E-state index < -0.39 is 0 Å². The van der Waals surface area contributed by atoms with E-state index in [1.807, 2.05) is 19.2 Å². The third-order valence-electron chi connectivity index (χ3n) is 4.02. The number of hydrogen-bond acceptors (Lipinski definition) is 3. The van der Waals surface area contributed by atoms with Crippen LogP contribution in [0.5, 0.6) is 0 Å². The summed E-state index contributed by atoms with van der Waals surface area (Å²) >= 11 is 0. The summed E-state index contributed by atoms with van der Waals surface area (Å²) in [7, 11) is 0. The molecule has 3 nitrogen and oxygen atoms in total. The van der Waals surface area contributed by atoms with Gasteiger partial charge in [0.2, 0.25) is 0 Å². The largest absolute Gasteiger partial charge is 0.313 e. The molecule has 0 aliphatic heterocycles. The quantitative estimate of drug-likeness (QED) is 0.802. The van der Waals surface area contributed by atoms with Gasteiger partial charge in [0.1, 0.15) is 5.82 Å². The van der Waals surface area contributed by atoms with Crippen molar-refractivity contribution < 1.29 is 0 Å². The molecule has 0 radical (unpaired) electrons. The second-order valence-corrected chi connectivity index (χ2v) is 5.76. The molecule has 2 rings (SSSR count). The van der Waals surface area contributed by atoms with Gasteiger partial charge in [-0.3, -0.25) is 0 Å². The molecule has 1 heterocycles. The summed E-state index contributed by atoms with van der Waals surface area (Å²) in [6.45, 7) is 6.26. The number of rotatable bonds is 6. The highest BCUT2D eigenvalue weighted by Crippen LogP contribution is 2.30. The highest BCUT2D eigenvalue weighted by atomic mass is 14.9. The molecule has 1 saturated carbocycles. The van der Waals surface area contributed by atoms with E-state index in [-0.39, 0.29) is 0 Å². The Labute approximate surface area is 122 Å². The standard InChI is InChI=1S/C17H27N3/c1-3-10-18-13-16(15-7-5-4-6-8-15)12-17-9-11-19-14(2)20-17/h9,11-12,15,18H,3-8,10,13H2,1-2H3/b16-12-. The van der Waals surface area contributed by atoms with Crippen LogP contribution in [0.1, 0.15) is 57.0 Å². The third-order valence-corrected chi connectivity index (χ3v) is 4.02. The zero-order valence-corrected chi connectivity index (χ0v) is 12.9. The van der Waals surface area contributed by atoms with Crippen LogP contribution in [0, 0.1) is 12.8 Å². The fourth-order valence-corrected chi connectivity index (χ4v) is 2.94. The van der Waals surface area contributed by atoms with E-state index >= 15 is 0 Å². The van der Waals surface area contributed by atoms with Crippen molar-refractivity contribution in [3.05, 3.63) is 29.4 Å². The van der Waals surface area contributed by atoms with Crippen LogP contribution in [-0.4, -0.2) is 23.1 Å². The molecule has 0 saturated heterocycles. The van der Waals surface area contributed by atoms with E-state index in [0.717, 1.165) is 30.5 Å². The molecule has 0 bridgehead atoms. The van der Waals surface area contributed by atoms with E-state index in [2.05, 4.69) is 28.3 Å². The molecule has 1 aromatic rings. The maximum atomic E-state index is 4.52. The molecule has 0 spiro atoms. The van der Waals surface area contributed by atoms with Gasteiger partial charge in [0.05, 0.1) is 5.69 Å². The Kier molecular flexibility index (Phi) is 6.19. The first kappa shape index (κ1) is 15.2. The summed E-state index contributed by atoms with van der Waals surface area (Å²) in [5.74, 6) is 1.59. The highest BCUT2D eigenvalue weighted by Gasteiger charge is 2.17. The van der Waals surface area contributed by atoms with Gasteiger partial charge in [0.25, 0.3) is 0 Å². The minimum absolute atomic E-state index is 0.739. The smallest absolute Gasteiger partial charge is 0.125 e. The lowest BCUT2D eigenvalue weighted by atomic mass is 9.83. The van der Waals surface area contributed by atoms with Crippen molar-refractivity contribution in [2.75, 3.05) is 13.1 Å². The van der Waals surface area contributed by atoms with Crippen LogP contribution in [0.2, 0.25) is 0 Å². The fraction of sp³-hybridized carbons (Fsp3) is 0.647. The van der Waals surface area contributed by atoms with Gasteiger partial charge in [0.15, 0.2) is 0 Å². The van der Waals surface area contributed by atoms with Gasteiger partial charge < -0.3 is 5.32 Å². The molecule has 110 valence electrons. The van der Waals surface area contributed by atoms with Gasteiger partial charge in [-0.1, -0.05) is 31.8 Å². The van der Waals surface area contributed by atoms with Gasteiger partial charge in [0, 0.05) is 12.7 Å².